The van der Waals surface area contributed by atoms with Gasteiger partial charge in [0.2, 0.25) is 11.8 Å². The van der Waals surface area contributed by atoms with Gasteiger partial charge in [0.25, 0.3) is 0 Å². The first-order valence-electron chi connectivity index (χ1n) is 8.74. The quantitative estimate of drug-likeness (QED) is 0.814. The van der Waals surface area contributed by atoms with Crippen molar-refractivity contribution in [1.29, 1.82) is 0 Å². The Balaban J connectivity index is 1.40. The Kier molecular flexibility index (Phi) is 6.01. The highest BCUT2D eigenvalue weighted by Crippen LogP contribution is 2.20. The predicted octanol–water partition coefficient (Wildman–Crippen LogP) is 1.50. The molecule has 7 nitrogen and oxygen atoms in total. The van der Waals surface area contributed by atoms with Crippen LogP contribution in [0.3, 0.4) is 0 Å². The molecular weight excluding hydrogens is 320 g/mol. The molecule has 0 amide bonds. The number of piperazine rings is 1. The average Bonchev–Trinajstić information content (AvgIpc) is 3.07. The number of aliphatic hydroxyl groups is 1. The summed E-state index contributed by atoms with van der Waals surface area (Å²) in [6.45, 7) is 8.45. The topological polar surface area (TPSA) is 74.9 Å². The summed E-state index contributed by atoms with van der Waals surface area (Å²) in [4.78, 5) is 4.59. The van der Waals surface area contributed by atoms with Crippen molar-refractivity contribution >= 4 is 0 Å². The van der Waals surface area contributed by atoms with Crippen LogP contribution in [-0.2, 0) is 0 Å². The second kappa shape index (κ2) is 8.42. The second-order valence-electron chi connectivity index (χ2n) is 6.45. The van der Waals surface area contributed by atoms with Crippen LogP contribution in [0.1, 0.15) is 24.7 Å². The SMILES string of the molecule is Cc1nnc([C@@H](C)N2CCN(C[C@H](O)COc3ccccc3)CC2)o1. The van der Waals surface area contributed by atoms with Crippen molar-refractivity contribution in [3.63, 3.8) is 0 Å². The van der Waals surface area contributed by atoms with E-state index in [9.17, 15) is 5.11 Å². The Bertz CT molecular complexity index is 641. The van der Waals surface area contributed by atoms with Gasteiger partial charge in [0.1, 0.15) is 18.5 Å². The molecule has 0 aliphatic carbocycles. The summed E-state index contributed by atoms with van der Waals surface area (Å²) in [7, 11) is 0. The number of hydrogen-bond donors (Lipinski definition) is 1. The smallest absolute Gasteiger partial charge is 0.233 e. The Hall–Kier alpha value is -1.96. The molecule has 1 aromatic heterocycles. The maximum atomic E-state index is 10.2. The summed E-state index contributed by atoms with van der Waals surface area (Å²) in [5.74, 6) is 2.05. The molecule has 2 atom stereocenters. The Morgan fingerprint density at radius 3 is 2.52 bits per heavy atom. The maximum absolute atomic E-state index is 10.2. The van der Waals surface area contributed by atoms with E-state index in [1.165, 1.54) is 0 Å². The number of ether oxygens (including phenoxy) is 1. The fraction of sp³-hybridized carbons (Fsp3) is 0.556. The Labute approximate surface area is 148 Å². The highest BCUT2D eigenvalue weighted by atomic mass is 16.5. The molecule has 3 rings (SSSR count). The minimum absolute atomic E-state index is 0.120. The highest BCUT2D eigenvalue weighted by molar-refractivity contribution is 5.20. The first-order chi connectivity index (χ1) is 12.1. The van der Waals surface area contributed by atoms with Crippen molar-refractivity contribution in [1.82, 2.24) is 20.0 Å². The van der Waals surface area contributed by atoms with E-state index in [1.54, 1.807) is 6.92 Å². The first kappa shape index (κ1) is 17.8. The van der Waals surface area contributed by atoms with E-state index in [0.29, 0.717) is 24.9 Å². The fourth-order valence-electron chi connectivity index (χ4n) is 3.03. The normalized spacial score (nSPS) is 18.8. The minimum Gasteiger partial charge on any atom is -0.491 e. The van der Waals surface area contributed by atoms with Gasteiger partial charge in [-0.3, -0.25) is 9.80 Å². The molecule has 2 aromatic rings. The molecule has 0 spiro atoms. The van der Waals surface area contributed by atoms with Crippen LogP contribution in [0.4, 0.5) is 0 Å². The lowest BCUT2D eigenvalue weighted by molar-refractivity contribution is 0.0349. The van der Waals surface area contributed by atoms with Crippen LogP contribution in [0.15, 0.2) is 34.7 Å². The lowest BCUT2D eigenvalue weighted by Gasteiger charge is -2.37. The number of nitrogens with zero attached hydrogens (tertiary/aromatic N) is 4. The van der Waals surface area contributed by atoms with E-state index in [2.05, 4.69) is 26.9 Å². The Morgan fingerprint density at radius 1 is 1.16 bits per heavy atom. The van der Waals surface area contributed by atoms with Gasteiger partial charge in [-0.05, 0) is 19.1 Å². The summed E-state index contributed by atoms with van der Waals surface area (Å²) in [5, 5.41) is 18.2. The van der Waals surface area contributed by atoms with E-state index >= 15 is 0 Å². The lowest BCUT2D eigenvalue weighted by Crippen LogP contribution is -2.49. The molecule has 7 heteroatoms. The van der Waals surface area contributed by atoms with Crippen LogP contribution in [0.2, 0.25) is 0 Å². The van der Waals surface area contributed by atoms with Gasteiger partial charge >= 0.3 is 0 Å². The molecule has 0 radical (unpaired) electrons. The number of hydrogen-bond acceptors (Lipinski definition) is 7. The molecule has 2 heterocycles. The molecule has 1 fully saturated rings. The molecule has 0 unspecified atom stereocenters. The van der Waals surface area contributed by atoms with Crippen molar-refractivity contribution in [3.8, 4) is 5.75 Å². The number of aliphatic hydroxyl groups excluding tert-OH is 1. The molecule has 0 saturated carbocycles. The van der Waals surface area contributed by atoms with Gasteiger partial charge in [0.15, 0.2) is 0 Å². The van der Waals surface area contributed by atoms with Gasteiger partial charge in [-0.15, -0.1) is 10.2 Å². The van der Waals surface area contributed by atoms with Crippen LogP contribution in [-0.4, -0.2) is 70.5 Å². The molecule has 136 valence electrons. The molecule has 25 heavy (non-hydrogen) atoms. The third kappa shape index (κ3) is 5.01. The van der Waals surface area contributed by atoms with Gasteiger partial charge in [0.05, 0.1) is 6.04 Å². The largest absolute Gasteiger partial charge is 0.491 e. The molecule has 0 bridgehead atoms. The van der Waals surface area contributed by atoms with Gasteiger partial charge in [-0.1, -0.05) is 18.2 Å². The molecule has 1 aromatic carbocycles. The average molecular weight is 346 g/mol. The number of benzene rings is 1. The van der Waals surface area contributed by atoms with E-state index < -0.39 is 6.10 Å². The summed E-state index contributed by atoms with van der Waals surface area (Å²) in [6.07, 6.45) is -0.497. The summed E-state index contributed by atoms with van der Waals surface area (Å²) < 4.78 is 11.1. The van der Waals surface area contributed by atoms with Crippen molar-refractivity contribution in [3.05, 3.63) is 42.1 Å². The maximum Gasteiger partial charge on any atom is 0.233 e. The first-order valence-corrected chi connectivity index (χ1v) is 8.74. The fourth-order valence-corrected chi connectivity index (χ4v) is 3.03. The third-order valence-electron chi connectivity index (χ3n) is 4.51. The van der Waals surface area contributed by atoms with Crippen LogP contribution >= 0.6 is 0 Å². The summed E-state index contributed by atoms with van der Waals surface area (Å²) >= 11 is 0. The molecule has 1 aliphatic rings. The van der Waals surface area contributed by atoms with Crippen molar-refractivity contribution in [2.24, 2.45) is 0 Å². The van der Waals surface area contributed by atoms with Crippen molar-refractivity contribution < 1.29 is 14.3 Å². The summed E-state index contributed by atoms with van der Waals surface area (Å²) in [6, 6.07) is 9.70. The molecule has 1 N–H and O–H groups in total. The van der Waals surface area contributed by atoms with Crippen LogP contribution in [0.25, 0.3) is 0 Å². The highest BCUT2D eigenvalue weighted by Gasteiger charge is 2.26. The van der Waals surface area contributed by atoms with Gasteiger partial charge in [-0.2, -0.15) is 0 Å². The molecule has 1 saturated heterocycles. The van der Waals surface area contributed by atoms with E-state index in [0.717, 1.165) is 31.9 Å². The lowest BCUT2D eigenvalue weighted by atomic mass is 10.2. The zero-order valence-electron chi connectivity index (χ0n) is 14.8. The second-order valence-corrected chi connectivity index (χ2v) is 6.45. The van der Waals surface area contributed by atoms with Crippen LogP contribution in [0, 0.1) is 6.92 Å². The number of aryl methyl sites for hydroxylation is 1. The van der Waals surface area contributed by atoms with E-state index in [-0.39, 0.29) is 6.04 Å². The minimum atomic E-state index is -0.497. The number of rotatable bonds is 7. The van der Waals surface area contributed by atoms with Gasteiger partial charge in [0, 0.05) is 39.6 Å². The van der Waals surface area contributed by atoms with Crippen LogP contribution in [0.5, 0.6) is 5.75 Å². The zero-order valence-corrected chi connectivity index (χ0v) is 14.8. The molecule has 1 aliphatic heterocycles. The summed E-state index contributed by atoms with van der Waals surface area (Å²) in [5.41, 5.74) is 0. The monoisotopic (exact) mass is 346 g/mol. The number of para-hydroxylation sites is 1. The van der Waals surface area contributed by atoms with Crippen molar-refractivity contribution in [2.45, 2.75) is 26.0 Å². The van der Waals surface area contributed by atoms with E-state index in [1.807, 2.05) is 30.3 Å². The van der Waals surface area contributed by atoms with Gasteiger partial charge in [-0.25, -0.2) is 0 Å². The molecular formula is C18H26N4O3. The predicted molar refractivity (Wildman–Crippen MR) is 93.4 cm³/mol. The van der Waals surface area contributed by atoms with E-state index in [4.69, 9.17) is 9.15 Å². The van der Waals surface area contributed by atoms with Crippen LogP contribution < -0.4 is 4.74 Å². The van der Waals surface area contributed by atoms with Gasteiger partial charge < -0.3 is 14.3 Å². The third-order valence-corrected chi connectivity index (χ3v) is 4.51. The van der Waals surface area contributed by atoms with Crippen molar-refractivity contribution in [2.75, 3.05) is 39.3 Å². The number of aromatic nitrogens is 2. The number of β-amino-alcohol motifs (C(OH)–C–C–N with tert-alkyl or cyclic N) is 1. The zero-order chi connectivity index (χ0) is 17.6. The standard InChI is InChI=1S/C18H26N4O3/c1-14(18-20-19-15(2)25-18)22-10-8-21(9-11-22)12-16(23)13-24-17-6-4-3-5-7-17/h3-7,14,16,23H,8-13H2,1-2H3/t14-,16+/m1/s1. The Morgan fingerprint density at radius 2 is 1.88 bits per heavy atom.